The Morgan fingerprint density at radius 2 is 2.12 bits per heavy atom. The SMILES string of the molecule is NC1CCCC2CCc3ccc(Cl)cc3N12. The van der Waals surface area contributed by atoms with Crippen molar-refractivity contribution in [2.45, 2.75) is 44.3 Å². The van der Waals surface area contributed by atoms with Crippen LogP contribution in [0.5, 0.6) is 0 Å². The molecule has 1 aromatic rings. The van der Waals surface area contributed by atoms with E-state index < -0.39 is 0 Å². The molecule has 86 valence electrons. The van der Waals surface area contributed by atoms with Gasteiger partial charge in [-0.05, 0) is 49.8 Å². The Kier molecular flexibility index (Phi) is 2.56. The molecule has 3 rings (SSSR count). The van der Waals surface area contributed by atoms with Crippen molar-refractivity contribution in [1.29, 1.82) is 0 Å². The highest BCUT2D eigenvalue weighted by molar-refractivity contribution is 6.30. The van der Waals surface area contributed by atoms with Crippen LogP contribution in [0, 0.1) is 0 Å². The number of nitrogens with two attached hydrogens (primary N) is 1. The lowest BCUT2D eigenvalue weighted by molar-refractivity contribution is 0.361. The van der Waals surface area contributed by atoms with Crippen LogP contribution >= 0.6 is 11.6 Å². The summed E-state index contributed by atoms with van der Waals surface area (Å²) in [5, 5.41) is 0.817. The van der Waals surface area contributed by atoms with Gasteiger partial charge < -0.3 is 10.6 Å². The maximum Gasteiger partial charge on any atom is 0.0774 e. The van der Waals surface area contributed by atoms with Crippen LogP contribution in [0.4, 0.5) is 5.69 Å². The van der Waals surface area contributed by atoms with Gasteiger partial charge in [-0.2, -0.15) is 0 Å². The molecule has 0 saturated carbocycles. The largest absolute Gasteiger partial charge is 0.353 e. The van der Waals surface area contributed by atoms with E-state index in [0.717, 1.165) is 11.4 Å². The Morgan fingerprint density at radius 3 is 3.00 bits per heavy atom. The maximum atomic E-state index is 6.24. The van der Waals surface area contributed by atoms with Gasteiger partial charge in [0.25, 0.3) is 0 Å². The molecule has 1 aromatic carbocycles. The first-order valence-electron chi connectivity index (χ1n) is 6.08. The normalized spacial score (nSPS) is 28.5. The third-order valence-corrected chi connectivity index (χ3v) is 4.10. The highest BCUT2D eigenvalue weighted by Crippen LogP contribution is 2.38. The standard InChI is InChI=1S/C13H17ClN2/c14-10-6-4-9-5-7-11-2-1-3-13(15)16(11)12(9)8-10/h4,6,8,11,13H,1-3,5,7,15H2. The number of hydrogen-bond acceptors (Lipinski definition) is 2. The second-order valence-electron chi connectivity index (χ2n) is 4.87. The zero-order valence-corrected chi connectivity index (χ0v) is 10.1. The molecule has 2 aliphatic heterocycles. The fraction of sp³-hybridized carbons (Fsp3) is 0.538. The summed E-state index contributed by atoms with van der Waals surface area (Å²) in [5.41, 5.74) is 8.91. The fourth-order valence-electron chi connectivity index (χ4n) is 3.08. The van der Waals surface area contributed by atoms with E-state index in [4.69, 9.17) is 17.3 Å². The molecule has 2 nitrogen and oxygen atoms in total. The van der Waals surface area contributed by atoms with Gasteiger partial charge in [0.2, 0.25) is 0 Å². The Morgan fingerprint density at radius 1 is 1.25 bits per heavy atom. The number of piperidine rings is 1. The first kappa shape index (κ1) is 10.4. The predicted octanol–water partition coefficient (Wildman–Crippen LogP) is 2.93. The molecule has 1 fully saturated rings. The summed E-state index contributed by atoms with van der Waals surface area (Å²) < 4.78 is 0. The molecule has 2 unspecified atom stereocenters. The monoisotopic (exact) mass is 236 g/mol. The number of benzene rings is 1. The van der Waals surface area contributed by atoms with Crippen molar-refractivity contribution in [3.05, 3.63) is 28.8 Å². The molecule has 3 heteroatoms. The van der Waals surface area contributed by atoms with Gasteiger partial charge in [-0.1, -0.05) is 17.7 Å². The van der Waals surface area contributed by atoms with Crippen LogP contribution in [-0.4, -0.2) is 12.2 Å². The third kappa shape index (κ3) is 1.61. The van der Waals surface area contributed by atoms with Gasteiger partial charge in [0.1, 0.15) is 0 Å². The van der Waals surface area contributed by atoms with E-state index in [1.54, 1.807) is 0 Å². The van der Waals surface area contributed by atoms with E-state index in [-0.39, 0.29) is 6.17 Å². The Labute approximate surface area is 101 Å². The summed E-state index contributed by atoms with van der Waals surface area (Å²) in [6.45, 7) is 0. The smallest absolute Gasteiger partial charge is 0.0774 e. The topological polar surface area (TPSA) is 29.3 Å². The summed E-state index contributed by atoms with van der Waals surface area (Å²) in [6, 6.07) is 6.84. The molecule has 2 atom stereocenters. The molecule has 0 aromatic heterocycles. The van der Waals surface area contributed by atoms with Crippen LogP contribution in [0.25, 0.3) is 0 Å². The second-order valence-corrected chi connectivity index (χ2v) is 5.31. The number of aryl methyl sites for hydroxylation is 1. The first-order chi connectivity index (χ1) is 7.75. The van der Waals surface area contributed by atoms with Crippen LogP contribution in [0.15, 0.2) is 18.2 Å². The molecule has 0 aliphatic carbocycles. The molecule has 0 spiro atoms. The van der Waals surface area contributed by atoms with Gasteiger partial charge in [-0.3, -0.25) is 0 Å². The summed E-state index contributed by atoms with van der Waals surface area (Å²) in [6.07, 6.45) is 6.22. The van der Waals surface area contributed by atoms with E-state index in [0.29, 0.717) is 6.04 Å². The van der Waals surface area contributed by atoms with Crippen molar-refractivity contribution >= 4 is 17.3 Å². The van der Waals surface area contributed by atoms with Gasteiger partial charge >= 0.3 is 0 Å². The molecule has 1 saturated heterocycles. The van der Waals surface area contributed by atoms with Crippen LogP contribution in [-0.2, 0) is 6.42 Å². The summed E-state index contributed by atoms with van der Waals surface area (Å²) in [5.74, 6) is 0. The summed E-state index contributed by atoms with van der Waals surface area (Å²) >= 11 is 6.09. The van der Waals surface area contributed by atoms with Gasteiger partial charge in [-0.15, -0.1) is 0 Å². The third-order valence-electron chi connectivity index (χ3n) is 3.86. The van der Waals surface area contributed by atoms with Crippen LogP contribution < -0.4 is 10.6 Å². The molecular weight excluding hydrogens is 220 g/mol. The van der Waals surface area contributed by atoms with Crippen LogP contribution in [0.3, 0.4) is 0 Å². The zero-order valence-electron chi connectivity index (χ0n) is 9.32. The average Bonchev–Trinajstić information content (AvgIpc) is 2.28. The number of fused-ring (bicyclic) bond motifs is 3. The molecule has 16 heavy (non-hydrogen) atoms. The Balaban J connectivity index is 2.04. The number of halogens is 1. The van der Waals surface area contributed by atoms with Crippen LogP contribution in [0.2, 0.25) is 5.02 Å². The minimum atomic E-state index is 0.177. The summed E-state index contributed by atoms with van der Waals surface area (Å²) in [4.78, 5) is 2.40. The van der Waals surface area contributed by atoms with Crippen molar-refractivity contribution in [3.63, 3.8) is 0 Å². The van der Waals surface area contributed by atoms with Crippen molar-refractivity contribution in [1.82, 2.24) is 0 Å². The lowest BCUT2D eigenvalue weighted by atomic mass is 9.88. The van der Waals surface area contributed by atoms with E-state index in [9.17, 15) is 0 Å². The van der Waals surface area contributed by atoms with Crippen molar-refractivity contribution < 1.29 is 0 Å². The highest BCUT2D eigenvalue weighted by Gasteiger charge is 2.32. The lowest BCUT2D eigenvalue weighted by Crippen LogP contribution is -2.53. The number of anilines is 1. The Hall–Kier alpha value is -0.730. The molecule has 2 N–H and O–H groups in total. The van der Waals surface area contributed by atoms with Crippen molar-refractivity contribution in [2.24, 2.45) is 5.73 Å². The molecule has 0 bridgehead atoms. The van der Waals surface area contributed by atoms with Gasteiger partial charge in [0.05, 0.1) is 6.17 Å². The van der Waals surface area contributed by atoms with E-state index >= 15 is 0 Å². The summed E-state index contributed by atoms with van der Waals surface area (Å²) in [7, 11) is 0. The van der Waals surface area contributed by atoms with Crippen LogP contribution in [0.1, 0.15) is 31.2 Å². The molecule has 2 heterocycles. The molecule has 0 radical (unpaired) electrons. The minimum Gasteiger partial charge on any atom is -0.353 e. The van der Waals surface area contributed by atoms with Gasteiger partial charge in [-0.25, -0.2) is 0 Å². The van der Waals surface area contributed by atoms with Crippen molar-refractivity contribution in [2.75, 3.05) is 4.90 Å². The average molecular weight is 237 g/mol. The molecular formula is C13H17ClN2. The van der Waals surface area contributed by atoms with E-state index in [1.165, 1.54) is 36.9 Å². The van der Waals surface area contributed by atoms with Gasteiger partial charge in [0, 0.05) is 16.8 Å². The quantitative estimate of drug-likeness (QED) is 0.751. The lowest BCUT2D eigenvalue weighted by Gasteiger charge is -2.46. The minimum absolute atomic E-state index is 0.177. The Bertz CT molecular complexity index is 405. The predicted molar refractivity (Wildman–Crippen MR) is 67.9 cm³/mol. The second kappa shape index (κ2) is 3.94. The molecule has 2 aliphatic rings. The van der Waals surface area contributed by atoms with Gasteiger partial charge in [0.15, 0.2) is 0 Å². The maximum absolute atomic E-state index is 6.24. The number of hydrogen-bond donors (Lipinski definition) is 1. The fourth-order valence-corrected chi connectivity index (χ4v) is 3.25. The zero-order chi connectivity index (χ0) is 11.1. The van der Waals surface area contributed by atoms with E-state index in [2.05, 4.69) is 17.0 Å². The van der Waals surface area contributed by atoms with Crippen molar-refractivity contribution in [3.8, 4) is 0 Å². The number of rotatable bonds is 0. The van der Waals surface area contributed by atoms with E-state index in [1.807, 2.05) is 6.07 Å². The molecule has 0 amide bonds. The number of nitrogens with zero attached hydrogens (tertiary/aromatic N) is 1. The highest BCUT2D eigenvalue weighted by atomic mass is 35.5. The first-order valence-corrected chi connectivity index (χ1v) is 6.46.